The van der Waals surface area contributed by atoms with Gasteiger partial charge in [-0.05, 0) is 31.2 Å². The van der Waals surface area contributed by atoms with Crippen molar-refractivity contribution in [2.75, 3.05) is 13.1 Å². The van der Waals surface area contributed by atoms with Gasteiger partial charge < -0.3 is 5.73 Å². The van der Waals surface area contributed by atoms with Crippen LogP contribution >= 0.6 is 0 Å². The molecule has 25 heavy (non-hydrogen) atoms. The Balaban J connectivity index is 1.60. The van der Waals surface area contributed by atoms with Gasteiger partial charge in [0.2, 0.25) is 5.91 Å². The number of aryl methyl sites for hydroxylation is 1. The van der Waals surface area contributed by atoms with Crippen LogP contribution in [0.1, 0.15) is 34.1 Å². The summed E-state index contributed by atoms with van der Waals surface area (Å²) in [5.74, 6) is -0.0829. The third-order valence-electron chi connectivity index (χ3n) is 5.00. The number of benzene rings is 1. The Morgan fingerprint density at radius 2 is 2.16 bits per heavy atom. The number of aromatic nitrogens is 3. The number of carbonyl (C=O) groups excluding carboxylic acids is 1. The Labute approximate surface area is 146 Å². The van der Waals surface area contributed by atoms with E-state index >= 15 is 0 Å². The molecule has 3 heterocycles. The lowest BCUT2D eigenvalue weighted by atomic mass is 9.99. The minimum Gasteiger partial charge on any atom is -0.366 e. The molecule has 0 radical (unpaired) electrons. The number of para-hydroxylation sites is 1. The number of fused-ring (bicyclic) bond motifs is 1. The van der Waals surface area contributed by atoms with E-state index in [2.05, 4.69) is 10.00 Å². The average molecular weight is 335 g/mol. The summed E-state index contributed by atoms with van der Waals surface area (Å²) >= 11 is 0. The van der Waals surface area contributed by atoms with Gasteiger partial charge in [0.1, 0.15) is 0 Å². The number of nitrogens with zero attached hydrogens (tertiary/aromatic N) is 4. The molecule has 0 bridgehead atoms. The van der Waals surface area contributed by atoms with Crippen molar-refractivity contribution in [2.45, 2.75) is 18.9 Å². The molecule has 2 N–H and O–H groups in total. The van der Waals surface area contributed by atoms with Crippen LogP contribution in [0, 0.1) is 0 Å². The van der Waals surface area contributed by atoms with Crippen LogP contribution in [0.5, 0.6) is 0 Å². The molecule has 0 spiro atoms. The quantitative estimate of drug-likeness (QED) is 0.792. The monoisotopic (exact) mass is 335 g/mol. The Morgan fingerprint density at radius 1 is 1.32 bits per heavy atom. The number of carbonyl (C=O) groups is 1. The predicted molar refractivity (Wildman–Crippen MR) is 96.1 cm³/mol. The van der Waals surface area contributed by atoms with Gasteiger partial charge in [-0.3, -0.25) is 19.4 Å². The molecule has 6 nitrogen and oxygen atoms in total. The van der Waals surface area contributed by atoms with Crippen molar-refractivity contribution in [3.8, 4) is 0 Å². The summed E-state index contributed by atoms with van der Waals surface area (Å²) in [6.07, 6.45) is 2.86. The molecule has 1 aliphatic heterocycles. The van der Waals surface area contributed by atoms with Gasteiger partial charge in [-0.1, -0.05) is 18.2 Å². The summed E-state index contributed by atoms with van der Waals surface area (Å²) in [7, 11) is 1.97. The van der Waals surface area contributed by atoms with E-state index in [4.69, 9.17) is 10.7 Å². The zero-order valence-corrected chi connectivity index (χ0v) is 14.2. The van der Waals surface area contributed by atoms with E-state index in [1.807, 2.05) is 54.3 Å². The smallest absolute Gasteiger partial charge is 0.249 e. The fourth-order valence-corrected chi connectivity index (χ4v) is 3.61. The molecule has 1 atom stereocenters. The molecule has 4 rings (SSSR count). The van der Waals surface area contributed by atoms with Crippen LogP contribution in [0.25, 0.3) is 10.9 Å². The average Bonchev–Trinajstić information content (AvgIpc) is 3.24. The fourth-order valence-electron chi connectivity index (χ4n) is 3.61. The van der Waals surface area contributed by atoms with E-state index in [9.17, 15) is 4.79 Å². The molecule has 2 aromatic heterocycles. The minimum atomic E-state index is -0.399. The van der Waals surface area contributed by atoms with Crippen molar-refractivity contribution in [2.24, 2.45) is 12.8 Å². The molecule has 128 valence electrons. The topological polar surface area (TPSA) is 77.0 Å². The Bertz CT molecular complexity index is 932. The molecule has 6 heteroatoms. The number of hydrogen-bond acceptors (Lipinski definition) is 4. The SMILES string of the molecule is Cn1nccc1CN1CC[C@@H](c2cc(C(N)=O)c3ccccc3n2)C1. The molecule has 0 aliphatic carbocycles. The highest BCUT2D eigenvalue weighted by Crippen LogP contribution is 2.29. The largest absolute Gasteiger partial charge is 0.366 e. The van der Waals surface area contributed by atoms with Crippen molar-refractivity contribution in [3.05, 3.63) is 59.5 Å². The maximum Gasteiger partial charge on any atom is 0.249 e. The van der Waals surface area contributed by atoms with Gasteiger partial charge in [0.15, 0.2) is 0 Å². The van der Waals surface area contributed by atoms with Gasteiger partial charge in [-0.2, -0.15) is 5.10 Å². The lowest BCUT2D eigenvalue weighted by molar-refractivity contribution is 0.100. The maximum atomic E-state index is 11.9. The summed E-state index contributed by atoms with van der Waals surface area (Å²) < 4.78 is 1.91. The zero-order valence-electron chi connectivity index (χ0n) is 14.2. The van der Waals surface area contributed by atoms with E-state index in [0.29, 0.717) is 11.5 Å². The molecule has 0 unspecified atom stereocenters. The minimum absolute atomic E-state index is 0.316. The van der Waals surface area contributed by atoms with E-state index in [1.54, 1.807) is 0 Å². The lowest BCUT2D eigenvalue weighted by Gasteiger charge is -2.16. The Morgan fingerprint density at radius 3 is 2.92 bits per heavy atom. The number of hydrogen-bond donors (Lipinski definition) is 1. The number of rotatable bonds is 4. The van der Waals surface area contributed by atoms with Crippen LogP contribution < -0.4 is 5.73 Å². The molecule has 1 amide bonds. The van der Waals surface area contributed by atoms with Gasteiger partial charge in [0.25, 0.3) is 0 Å². The second kappa shape index (κ2) is 6.29. The van der Waals surface area contributed by atoms with Crippen LogP contribution in [-0.2, 0) is 13.6 Å². The summed E-state index contributed by atoms with van der Waals surface area (Å²) in [6, 6.07) is 11.6. The van der Waals surface area contributed by atoms with E-state index in [0.717, 1.165) is 42.7 Å². The fraction of sp³-hybridized carbons (Fsp3) is 0.316. The second-order valence-corrected chi connectivity index (χ2v) is 6.64. The second-order valence-electron chi connectivity index (χ2n) is 6.64. The molecular formula is C19H21N5O. The first kappa shape index (κ1) is 15.8. The zero-order chi connectivity index (χ0) is 17.4. The van der Waals surface area contributed by atoms with E-state index < -0.39 is 5.91 Å². The van der Waals surface area contributed by atoms with Gasteiger partial charge in [0, 0.05) is 43.3 Å². The van der Waals surface area contributed by atoms with Crippen molar-refractivity contribution in [1.29, 1.82) is 0 Å². The molecule has 3 aromatic rings. The van der Waals surface area contributed by atoms with E-state index in [-0.39, 0.29) is 0 Å². The molecule has 1 saturated heterocycles. The molecule has 1 aromatic carbocycles. The van der Waals surface area contributed by atoms with Gasteiger partial charge >= 0.3 is 0 Å². The van der Waals surface area contributed by atoms with Crippen LogP contribution in [0.3, 0.4) is 0 Å². The van der Waals surface area contributed by atoms with Gasteiger partial charge in [0.05, 0.1) is 16.8 Å². The molecule has 1 fully saturated rings. The van der Waals surface area contributed by atoms with Crippen LogP contribution in [0.2, 0.25) is 0 Å². The van der Waals surface area contributed by atoms with Gasteiger partial charge in [-0.25, -0.2) is 0 Å². The first-order valence-electron chi connectivity index (χ1n) is 8.50. The first-order chi connectivity index (χ1) is 12.1. The molecule has 0 saturated carbocycles. The van der Waals surface area contributed by atoms with Crippen LogP contribution in [0.4, 0.5) is 0 Å². The number of amides is 1. The normalized spacial score (nSPS) is 18.0. The standard InChI is InChI=1S/C19H21N5O/c1-23-14(6-8-21-23)12-24-9-7-13(11-24)18-10-16(19(20)25)15-4-2-3-5-17(15)22-18/h2-6,8,10,13H,7,9,11-12H2,1H3,(H2,20,25)/t13-/m1/s1. The number of primary amides is 1. The van der Waals surface area contributed by atoms with E-state index in [1.165, 1.54) is 5.69 Å². The maximum absolute atomic E-state index is 11.9. The summed E-state index contributed by atoms with van der Waals surface area (Å²) in [5.41, 5.74) is 9.15. The summed E-state index contributed by atoms with van der Waals surface area (Å²) in [5, 5.41) is 5.05. The van der Waals surface area contributed by atoms with Crippen LogP contribution in [-0.4, -0.2) is 38.7 Å². The van der Waals surface area contributed by atoms with Crippen molar-refractivity contribution < 1.29 is 4.79 Å². The Kier molecular flexibility index (Phi) is 3.97. The summed E-state index contributed by atoms with van der Waals surface area (Å²) in [4.78, 5) is 19.1. The van der Waals surface area contributed by atoms with Gasteiger partial charge in [-0.15, -0.1) is 0 Å². The lowest BCUT2D eigenvalue weighted by Crippen LogP contribution is -2.21. The number of nitrogens with two attached hydrogens (primary N) is 1. The molecular weight excluding hydrogens is 314 g/mol. The highest BCUT2D eigenvalue weighted by molar-refractivity contribution is 6.05. The number of likely N-dealkylation sites (tertiary alicyclic amines) is 1. The van der Waals surface area contributed by atoms with Crippen molar-refractivity contribution in [1.82, 2.24) is 19.7 Å². The summed E-state index contributed by atoms with van der Waals surface area (Å²) in [6.45, 7) is 2.81. The highest BCUT2D eigenvalue weighted by atomic mass is 16.1. The highest BCUT2D eigenvalue weighted by Gasteiger charge is 2.26. The third kappa shape index (κ3) is 3.00. The van der Waals surface area contributed by atoms with Crippen LogP contribution in [0.15, 0.2) is 42.6 Å². The van der Waals surface area contributed by atoms with Crippen molar-refractivity contribution >= 4 is 16.8 Å². The number of pyridine rings is 1. The third-order valence-corrected chi connectivity index (χ3v) is 5.00. The first-order valence-corrected chi connectivity index (χ1v) is 8.50. The molecule has 1 aliphatic rings. The van der Waals surface area contributed by atoms with Crippen molar-refractivity contribution in [3.63, 3.8) is 0 Å². The Hall–Kier alpha value is -2.73. The predicted octanol–water partition coefficient (Wildman–Crippen LogP) is 2.06.